The highest BCUT2D eigenvalue weighted by Crippen LogP contribution is 2.16. The number of pyridine rings is 1. The Kier molecular flexibility index (Phi) is 3.22. The molecule has 2 nitrogen and oxygen atoms in total. The molecule has 0 saturated heterocycles. The average Bonchev–Trinajstić information content (AvgIpc) is 2.20. The number of allylic oxidation sites excluding steroid dienone is 2. The molecule has 0 amide bonds. The Hall–Kier alpha value is -1.62. The number of nitriles is 1. The Labute approximate surface area is 78.5 Å². The van der Waals surface area contributed by atoms with Gasteiger partial charge in [0.05, 0.1) is 11.3 Å². The number of nitrogens with zero attached hydrogens (tertiary/aromatic N) is 2. The van der Waals surface area contributed by atoms with E-state index in [1.54, 1.807) is 6.20 Å². The van der Waals surface area contributed by atoms with Crippen LogP contribution in [0.25, 0.3) is 5.57 Å². The quantitative estimate of drug-likeness (QED) is 0.643. The number of hydrogen-bond donors (Lipinski definition) is 0. The van der Waals surface area contributed by atoms with E-state index in [1.165, 1.54) is 0 Å². The second-order valence-electron chi connectivity index (χ2n) is 2.84. The van der Waals surface area contributed by atoms with Crippen LogP contribution in [-0.2, 0) is 0 Å². The Balaban J connectivity index is 3.15. The highest BCUT2D eigenvalue weighted by Gasteiger charge is 2.03. The number of aromatic nitrogens is 1. The van der Waals surface area contributed by atoms with Crippen molar-refractivity contribution >= 4 is 5.57 Å². The highest BCUT2D eigenvalue weighted by atomic mass is 14.7. The molecule has 1 aromatic rings. The summed E-state index contributed by atoms with van der Waals surface area (Å²) in [6.45, 7) is 4.00. The van der Waals surface area contributed by atoms with E-state index in [0.717, 1.165) is 17.7 Å². The molecule has 0 aliphatic heterocycles. The summed E-state index contributed by atoms with van der Waals surface area (Å²) in [4.78, 5) is 4.14. The first kappa shape index (κ1) is 9.47. The largest absolute Gasteiger partial charge is 0.256 e. The SMILES string of the molecule is CC/C(C)=C(\C#N)c1ccccn1. The highest BCUT2D eigenvalue weighted by molar-refractivity contribution is 5.76. The maximum Gasteiger partial charge on any atom is 0.101 e. The zero-order valence-corrected chi connectivity index (χ0v) is 7.91. The van der Waals surface area contributed by atoms with Crippen LogP contribution in [0.2, 0.25) is 0 Å². The van der Waals surface area contributed by atoms with Crippen molar-refractivity contribution in [2.75, 3.05) is 0 Å². The lowest BCUT2D eigenvalue weighted by Gasteiger charge is -2.01. The molecule has 1 aromatic heterocycles. The normalized spacial score (nSPS) is 11.8. The molecule has 1 rings (SSSR count). The van der Waals surface area contributed by atoms with Crippen molar-refractivity contribution in [1.29, 1.82) is 5.26 Å². The summed E-state index contributed by atoms with van der Waals surface area (Å²) in [5.41, 5.74) is 2.55. The van der Waals surface area contributed by atoms with E-state index < -0.39 is 0 Å². The van der Waals surface area contributed by atoms with Crippen LogP contribution >= 0.6 is 0 Å². The molecule has 0 radical (unpaired) electrons. The lowest BCUT2D eigenvalue weighted by atomic mass is 10.1. The molecular formula is C11H12N2. The summed E-state index contributed by atoms with van der Waals surface area (Å²) in [5.74, 6) is 0. The van der Waals surface area contributed by atoms with Gasteiger partial charge in [0.2, 0.25) is 0 Å². The predicted molar refractivity (Wildman–Crippen MR) is 52.7 cm³/mol. The Morgan fingerprint density at radius 1 is 1.54 bits per heavy atom. The molecule has 0 bridgehead atoms. The van der Waals surface area contributed by atoms with Gasteiger partial charge in [-0.2, -0.15) is 5.26 Å². The van der Waals surface area contributed by atoms with Crippen molar-refractivity contribution in [1.82, 2.24) is 4.98 Å². The van der Waals surface area contributed by atoms with E-state index in [4.69, 9.17) is 5.26 Å². The molecule has 0 N–H and O–H groups in total. The van der Waals surface area contributed by atoms with Gasteiger partial charge in [0.1, 0.15) is 6.07 Å². The maximum atomic E-state index is 8.93. The Morgan fingerprint density at radius 3 is 2.77 bits per heavy atom. The topological polar surface area (TPSA) is 36.7 Å². The summed E-state index contributed by atoms with van der Waals surface area (Å²) in [7, 11) is 0. The molecule has 0 aliphatic rings. The molecule has 0 fully saturated rings. The number of hydrogen-bond acceptors (Lipinski definition) is 2. The molecule has 0 spiro atoms. The van der Waals surface area contributed by atoms with Gasteiger partial charge in [0.15, 0.2) is 0 Å². The van der Waals surface area contributed by atoms with Gasteiger partial charge in [-0.3, -0.25) is 4.98 Å². The van der Waals surface area contributed by atoms with Gasteiger partial charge in [-0.1, -0.05) is 18.6 Å². The first-order valence-electron chi connectivity index (χ1n) is 4.30. The average molecular weight is 172 g/mol. The minimum absolute atomic E-state index is 0.697. The van der Waals surface area contributed by atoms with Gasteiger partial charge in [-0.05, 0) is 25.5 Å². The fourth-order valence-corrected chi connectivity index (χ4v) is 1.06. The van der Waals surface area contributed by atoms with Crippen LogP contribution in [0.4, 0.5) is 0 Å². The van der Waals surface area contributed by atoms with Crippen LogP contribution in [0.5, 0.6) is 0 Å². The fraction of sp³-hybridized carbons (Fsp3) is 0.273. The van der Waals surface area contributed by atoms with E-state index in [-0.39, 0.29) is 0 Å². The van der Waals surface area contributed by atoms with Crippen molar-refractivity contribution in [2.24, 2.45) is 0 Å². The third-order valence-corrected chi connectivity index (χ3v) is 1.99. The lowest BCUT2D eigenvalue weighted by molar-refractivity contribution is 1.10. The summed E-state index contributed by atoms with van der Waals surface area (Å²) in [6, 6.07) is 7.78. The smallest absolute Gasteiger partial charge is 0.101 e. The Morgan fingerprint density at radius 2 is 2.31 bits per heavy atom. The van der Waals surface area contributed by atoms with Crippen LogP contribution in [0.15, 0.2) is 30.0 Å². The minimum atomic E-state index is 0.697. The van der Waals surface area contributed by atoms with Crippen LogP contribution in [-0.4, -0.2) is 4.98 Å². The molecule has 2 heteroatoms. The molecule has 0 saturated carbocycles. The van der Waals surface area contributed by atoms with Gasteiger partial charge in [0, 0.05) is 6.20 Å². The van der Waals surface area contributed by atoms with Crippen molar-refractivity contribution < 1.29 is 0 Å². The first-order chi connectivity index (χ1) is 6.29. The monoisotopic (exact) mass is 172 g/mol. The van der Waals surface area contributed by atoms with E-state index in [1.807, 2.05) is 32.0 Å². The van der Waals surface area contributed by atoms with Crippen molar-refractivity contribution in [2.45, 2.75) is 20.3 Å². The van der Waals surface area contributed by atoms with Gasteiger partial charge in [-0.25, -0.2) is 0 Å². The predicted octanol–water partition coefficient (Wildman–Crippen LogP) is 2.79. The zero-order chi connectivity index (χ0) is 9.68. The molecule has 66 valence electrons. The van der Waals surface area contributed by atoms with E-state index in [9.17, 15) is 0 Å². The van der Waals surface area contributed by atoms with Crippen molar-refractivity contribution in [3.05, 3.63) is 35.7 Å². The molecule has 0 atom stereocenters. The van der Waals surface area contributed by atoms with Crippen molar-refractivity contribution in [3.8, 4) is 6.07 Å². The molecule has 13 heavy (non-hydrogen) atoms. The molecule has 0 unspecified atom stereocenters. The summed E-state index contributed by atoms with van der Waals surface area (Å²) < 4.78 is 0. The van der Waals surface area contributed by atoms with Crippen LogP contribution in [0.1, 0.15) is 26.0 Å². The van der Waals surface area contributed by atoms with Gasteiger partial charge in [0.25, 0.3) is 0 Å². The van der Waals surface area contributed by atoms with Crippen LogP contribution in [0, 0.1) is 11.3 Å². The number of rotatable bonds is 2. The third kappa shape index (κ3) is 2.16. The van der Waals surface area contributed by atoms with E-state index in [2.05, 4.69) is 11.1 Å². The van der Waals surface area contributed by atoms with Gasteiger partial charge >= 0.3 is 0 Å². The van der Waals surface area contributed by atoms with Crippen molar-refractivity contribution in [3.63, 3.8) is 0 Å². The van der Waals surface area contributed by atoms with Gasteiger partial charge in [-0.15, -0.1) is 0 Å². The summed E-state index contributed by atoms with van der Waals surface area (Å²) >= 11 is 0. The van der Waals surface area contributed by atoms with E-state index in [0.29, 0.717) is 5.57 Å². The first-order valence-corrected chi connectivity index (χ1v) is 4.30. The van der Waals surface area contributed by atoms with Crippen LogP contribution in [0.3, 0.4) is 0 Å². The molecular weight excluding hydrogens is 160 g/mol. The second kappa shape index (κ2) is 4.42. The zero-order valence-electron chi connectivity index (χ0n) is 7.91. The summed E-state index contributed by atoms with van der Waals surface area (Å²) in [6.07, 6.45) is 2.59. The molecule has 0 aliphatic carbocycles. The van der Waals surface area contributed by atoms with Crippen LogP contribution < -0.4 is 0 Å². The standard InChI is InChI=1S/C11H12N2/c1-3-9(2)10(8-12)11-6-4-5-7-13-11/h4-7H,3H2,1-2H3/b10-9+. The minimum Gasteiger partial charge on any atom is -0.256 e. The third-order valence-electron chi connectivity index (χ3n) is 1.99. The fourth-order valence-electron chi connectivity index (χ4n) is 1.06. The Bertz CT molecular complexity index is 344. The molecule has 0 aromatic carbocycles. The lowest BCUT2D eigenvalue weighted by Crippen LogP contribution is -1.89. The molecule has 1 heterocycles. The van der Waals surface area contributed by atoms with Gasteiger partial charge < -0.3 is 0 Å². The summed E-state index contributed by atoms with van der Waals surface area (Å²) in [5, 5.41) is 8.93. The maximum absolute atomic E-state index is 8.93. The second-order valence-corrected chi connectivity index (χ2v) is 2.84. The van der Waals surface area contributed by atoms with E-state index >= 15 is 0 Å².